The van der Waals surface area contributed by atoms with Crippen molar-refractivity contribution in [3.05, 3.63) is 65.2 Å². The second-order valence-electron chi connectivity index (χ2n) is 10.1. The molecule has 0 aromatic heterocycles. The van der Waals surface area contributed by atoms with Gasteiger partial charge in [-0.3, -0.25) is 4.79 Å². The first-order valence-corrected chi connectivity index (χ1v) is 14.7. The Bertz CT molecular complexity index is 1680. The SMILES string of the molecule is COc1ccc(S(=O)(=O)NC(=O)N[C@@H]2c3cc4c(cc3[C@@H](c3cc(OC)c(O)c(OC)c3)[C@H]3C(=O)OC[C@@H]32)OCO4)cc1. The first kappa shape index (κ1) is 28.3. The molecule has 14 heteroatoms. The van der Waals surface area contributed by atoms with E-state index in [0.29, 0.717) is 33.9 Å². The summed E-state index contributed by atoms with van der Waals surface area (Å²) in [5.41, 5.74) is 1.78. The molecule has 43 heavy (non-hydrogen) atoms. The van der Waals surface area contributed by atoms with Crippen LogP contribution in [-0.4, -0.2) is 60.3 Å². The highest BCUT2D eigenvalue weighted by molar-refractivity contribution is 7.90. The summed E-state index contributed by atoms with van der Waals surface area (Å²) in [5.74, 6) is -1.10. The van der Waals surface area contributed by atoms with E-state index in [9.17, 15) is 23.1 Å². The molecular formula is C29H28N2O11S. The van der Waals surface area contributed by atoms with Crippen LogP contribution < -0.4 is 33.7 Å². The lowest BCUT2D eigenvalue weighted by molar-refractivity contribution is -0.141. The van der Waals surface area contributed by atoms with Gasteiger partial charge in [0.15, 0.2) is 23.0 Å². The molecule has 13 nitrogen and oxygen atoms in total. The molecule has 1 aliphatic carbocycles. The number of hydrogen-bond donors (Lipinski definition) is 3. The van der Waals surface area contributed by atoms with Crippen molar-refractivity contribution in [2.45, 2.75) is 16.9 Å². The fourth-order valence-electron chi connectivity index (χ4n) is 5.95. The lowest BCUT2D eigenvalue weighted by Crippen LogP contribution is -2.47. The molecule has 0 spiro atoms. The molecule has 1 fully saturated rings. The number of phenolic OH excluding ortho intramolecular Hbond substituents is 1. The molecule has 0 bridgehead atoms. The average Bonchev–Trinajstić information content (AvgIpc) is 3.62. The Morgan fingerprint density at radius 2 is 1.53 bits per heavy atom. The zero-order valence-corrected chi connectivity index (χ0v) is 24.1. The number of nitrogens with one attached hydrogen (secondary N) is 2. The van der Waals surface area contributed by atoms with Gasteiger partial charge < -0.3 is 38.8 Å². The summed E-state index contributed by atoms with van der Waals surface area (Å²) in [6.45, 7) is -0.0479. The summed E-state index contributed by atoms with van der Waals surface area (Å²) in [6, 6.07) is 10.4. The second-order valence-corrected chi connectivity index (χ2v) is 11.8. The van der Waals surface area contributed by atoms with Crippen LogP contribution in [0.3, 0.4) is 0 Å². The normalized spacial score (nSPS) is 21.7. The number of esters is 1. The van der Waals surface area contributed by atoms with E-state index >= 15 is 0 Å². The van der Waals surface area contributed by atoms with Crippen molar-refractivity contribution in [3.8, 4) is 34.5 Å². The van der Waals surface area contributed by atoms with Gasteiger partial charge in [-0.05, 0) is 65.2 Å². The van der Waals surface area contributed by atoms with E-state index in [2.05, 4.69) is 5.32 Å². The monoisotopic (exact) mass is 612 g/mol. The highest BCUT2D eigenvalue weighted by Crippen LogP contribution is 2.55. The molecule has 6 rings (SSSR count). The third-order valence-electron chi connectivity index (χ3n) is 7.93. The van der Waals surface area contributed by atoms with Crippen molar-refractivity contribution < 1.29 is 51.5 Å². The Morgan fingerprint density at radius 3 is 2.14 bits per heavy atom. The Kier molecular flexibility index (Phi) is 7.08. The molecule has 2 heterocycles. The Balaban J connectivity index is 1.41. The van der Waals surface area contributed by atoms with Crippen LogP contribution >= 0.6 is 0 Å². The van der Waals surface area contributed by atoms with Crippen molar-refractivity contribution in [3.63, 3.8) is 0 Å². The molecule has 3 aromatic carbocycles. The van der Waals surface area contributed by atoms with E-state index in [1.165, 1.54) is 45.6 Å². The molecule has 1 saturated heterocycles. The van der Waals surface area contributed by atoms with Crippen LogP contribution in [0.4, 0.5) is 4.79 Å². The topological polar surface area (TPSA) is 168 Å². The van der Waals surface area contributed by atoms with Crippen molar-refractivity contribution in [1.82, 2.24) is 10.0 Å². The summed E-state index contributed by atoms with van der Waals surface area (Å²) >= 11 is 0. The summed E-state index contributed by atoms with van der Waals surface area (Å²) in [4.78, 5) is 26.4. The van der Waals surface area contributed by atoms with Gasteiger partial charge in [0, 0.05) is 11.8 Å². The molecule has 0 unspecified atom stereocenters. The lowest BCUT2D eigenvalue weighted by Gasteiger charge is -2.39. The number of methoxy groups -OCH3 is 3. The molecule has 3 aliphatic rings. The number of fused-ring (bicyclic) bond motifs is 3. The number of sulfonamides is 1. The molecule has 2 aliphatic heterocycles. The zero-order chi connectivity index (χ0) is 30.5. The van der Waals surface area contributed by atoms with Crippen molar-refractivity contribution in [1.29, 1.82) is 0 Å². The molecule has 0 radical (unpaired) electrons. The molecule has 226 valence electrons. The van der Waals surface area contributed by atoms with Crippen LogP contribution in [0, 0.1) is 11.8 Å². The van der Waals surface area contributed by atoms with Gasteiger partial charge in [0.05, 0.1) is 44.8 Å². The van der Waals surface area contributed by atoms with Gasteiger partial charge in [-0.15, -0.1) is 0 Å². The van der Waals surface area contributed by atoms with E-state index in [1.807, 2.05) is 4.72 Å². The van der Waals surface area contributed by atoms with Crippen LogP contribution in [0.5, 0.6) is 34.5 Å². The number of carbonyl (C=O) groups is 2. The Morgan fingerprint density at radius 1 is 0.907 bits per heavy atom. The Labute approximate surface area is 246 Å². The van der Waals surface area contributed by atoms with Gasteiger partial charge in [-0.25, -0.2) is 17.9 Å². The first-order valence-electron chi connectivity index (χ1n) is 13.2. The van der Waals surface area contributed by atoms with Gasteiger partial charge in [0.1, 0.15) is 5.75 Å². The predicted molar refractivity (Wildman–Crippen MR) is 148 cm³/mol. The minimum atomic E-state index is -4.24. The molecule has 4 atom stereocenters. The van der Waals surface area contributed by atoms with Crippen LogP contribution in [0.1, 0.15) is 28.7 Å². The minimum Gasteiger partial charge on any atom is -0.502 e. The number of ether oxygens (including phenoxy) is 6. The first-order chi connectivity index (χ1) is 20.6. The number of hydrogen-bond acceptors (Lipinski definition) is 11. The zero-order valence-electron chi connectivity index (χ0n) is 23.3. The van der Waals surface area contributed by atoms with Crippen LogP contribution in [0.15, 0.2) is 53.4 Å². The fourth-order valence-corrected chi connectivity index (χ4v) is 6.86. The maximum Gasteiger partial charge on any atom is 0.329 e. The quantitative estimate of drug-likeness (QED) is 0.336. The predicted octanol–water partition coefficient (Wildman–Crippen LogP) is 2.81. The third-order valence-corrected chi connectivity index (χ3v) is 9.28. The summed E-state index contributed by atoms with van der Waals surface area (Å²) < 4.78 is 60.6. The highest BCUT2D eigenvalue weighted by Gasteiger charge is 2.53. The molecule has 3 aromatic rings. The summed E-state index contributed by atoms with van der Waals surface area (Å²) in [7, 11) is 0.0102. The highest BCUT2D eigenvalue weighted by atomic mass is 32.2. The number of carbonyl (C=O) groups excluding carboxylic acids is 2. The molecule has 0 saturated carbocycles. The minimum absolute atomic E-state index is 0.0165. The van der Waals surface area contributed by atoms with Gasteiger partial charge in [-0.2, -0.15) is 0 Å². The van der Waals surface area contributed by atoms with Gasteiger partial charge in [0.25, 0.3) is 10.0 Å². The van der Waals surface area contributed by atoms with Crippen molar-refractivity contribution in [2.75, 3.05) is 34.7 Å². The van der Waals surface area contributed by atoms with E-state index < -0.39 is 45.8 Å². The number of rotatable bonds is 7. The standard InChI is InChI=1S/C29H28N2O11S/c1-37-15-4-6-16(7-5-15)43(35,36)31-29(34)30-26-18-11-21-20(41-13-42-21)10-17(18)24(25-19(26)12-40-28(25)33)14-8-22(38-2)27(32)23(9-14)39-3/h4-11,19,24-26,32H,12-13H2,1-3H3,(H2,30,31,34)/t19-,24+,25-,26+/m0/s1. The number of aromatic hydroxyl groups is 1. The fraction of sp³-hybridized carbons (Fsp3) is 0.310. The second kappa shape index (κ2) is 10.8. The van der Waals surface area contributed by atoms with Crippen molar-refractivity contribution in [2.24, 2.45) is 11.8 Å². The van der Waals surface area contributed by atoms with Crippen LogP contribution in [0.25, 0.3) is 0 Å². The van der Waals surface area contributed by atoms with Crippen LogP contribution in [0.2, 0.25) is 0 Å². The number of urea groups is 1. The number of benzene rings is 3. The van der Waals surface area contributed by atoms with Gasteiger partial charge >= 0.3 is 12.0 Å². The number of amides is 2. The maximum absolute atomic E-state index is 13.3. The van der Waals surface area contributed by atoms with Crippen LogP contribution in [-0.2, 0) is 19.6 Å². The molecule has 3 N–H and O–H groups in total. The van der Waals surface area contributed by atoms with Gasteiger partial charge in [0.2, 0.25) is 12.5 Å². The summed E-state index contributed by atoms with van der Waals surface area (Å²) in [6.07, 6.45) is 0. The number of cyclic esters (lactones) is 1. The largest absolute Gasteiger partial charge is 0.502 e. The van der Waals surface area contributed by atoms with E-state index in [0.717, 1.165) is 0 Å². The van der Waals surface area contributed by atoms with E-state index in [1.54, 1.807) is 24.3 Å². The molecular weight excluding hydrogens is 584 g/mol. The third kappa shape index (κ3) is 4.86. The Hall–Kier alpha value is -4.85. The lowest BCUT2D eigenvalue weighted by atomic mass is 9.65. The van der Waals surface area contributed by atoms with Gasteiger partial charge in [-0.1, -0.05) is 0 Å². The number of phenols is 1. The smallest absolute Gasteiger partial charge is 0.329 e. The molecule has 2 amide bonds. The maximum atomic E-state index is 13.3. The summed E-state index contributed by atoms with van der Waals surface area (Å²) in [5, 5.41) is 13.3. The van der Waals surface area contributed by atoms with Crippen molar-refractivity contribution >= 4 is 22.0 Å². The average molecular weight is 613 g/mol. The van der Waals surface area contributed by atoms with E-state index in [4.69, 9.17) is 28.4 Å². The van der Waals surface area contributed by atoms with E-state index in [-0.39, 0.29) is 35.5 Å².